The Labute approximate surface area is 201 Å². The van der Waals surface area contributed by atoms with Crippen LogP contribution in [0, 0.1) is 0 Å². The van der Waals surface area contributed by atoms with Crippen molar-refractivity contribution in [3.63, 3.8) is 0 Å². The monoisotopic (exact) mass is 445 g/mol. The zero-order chi connectivity index (χ0) is 22.7. The second-order valence-electron chi connectivity index (χ2n) is 9.84. The smallest absolute Gasteiger partial charge is 0.146 e. The van der Waals surface area contributed by atoms with E-state index in [4.69, 9.17) is 4.98 Å². The normalized spacial score (nSPS) is 13.5. The molecule has 7 aromatic rings. The van der Waals surface area contributed by atoms with Gasteiger partial charge in [-0.05, 0) is 93.1 Å². The average molecular weight is 446 g/mol. The molecule has 4 aromatic carbocycles. The topological polar surface area (TPSA) is 30.2 Å². The number of hydrogen-bond acceptors (Lipinski definition) is 2. The summed E-state index contributed by atoms with van der Waals surface area (Å²) in [4.78, 5) is 9.61. The number of aromatic nitrogens is 3. The zero-order valence-corrected chi connectivity index (χ0v) is 18.9. The van der Waals surface area contributed by atoms with Gasteiger partial charge < -0.3 is 0 Å². The predicted molar refractivity (Wildman–Crippen MR) is 142 cm³/mol. The largest absolute Gasteiger partial charge is 0.292 e. The minimum atomic E-state index is 0.987. The molecule has 0 saturated heterocycles. The lowest BCUT2D eigenvalue weighted by atomic mass is 9.96. The number of fused-ring (bicyclic) bond motifs is 15. The van der Waals surface area contributed by atoms with E-state index in [1.165, 1.54) is 60.7 Å². The molecular formula is C32H19N3. The van der Waals surface area contributed by atoms with Crippen LogP contribution in [0.5, 0.6) is 0 Å². The Kier molecular flexibility index (Phi) is 3.14. The highest BCUT2D eigenvalue weighted by molar-refractivity contribution is 6.15. The molecule has 3 aromatic heterocycles. The van der Waals surface area contributed by atoms with Gasteiger partial charge in [0.25, 0.3) is 0 Å². The van der Waals surface area contributed by atoms with Crippen LogP contribution >= 0.6 is 0 Å². The highest BCUT2D eigenvalue weighted by Crippen LogP contribution is 2.48. The summed E-state index contributed by atoms with van der Waals surface area (Å²) in [6.07, 6.45) is 5.91. The van der Waals surface area contributed by atoms with E-state index in [-0.39, 0.29) is 0 Å². The third kappa shape index (κ3) is 2.17. The summed E-state index contributed by atoms with van der Waals surface area (Å²) in [5.74, 6) is 0. The van der Waals surface area contributed by atoms with Gasteiger partial charge in [0, 0.05) is 23.2 Å². The van der Waals surface area contributed by atoms with E-state index < -0.39 is 0 Å². The van der Waals surface area contributed by atoms with Crippen LogP contribution in [-0.4, -0.2) is 14.4 Å². The van der Waals surface area contributed by atoms with Gasteiger partial charge in [0.1, 0.15) is 5.65 Å². The number of pyridine rings is 2. The van der Waals surface area contributed by atoms with Crippen molar-refractivity contribution in [3.05, 3.63) is 114 Å². The molecule has 162 valence electrons. The van der Waals surface area contributed by atoms with Gasteiger partial charge in [-0.15, -0.1) is 0 Å². The van der Waals surface area contributed by atoms with Gasteiger partial charge in [-0.2, -0.15) is 0 Å². The second-order valence-corrected chi connectivity index (χ2v) is 9.84. The van der Waals surface area contributed by atoms with Gasteiger partial charge in [-0.1, -0.05) is 48.5 Å². The Morgan fingerprint density at radius 1 is 0.600 bits per heavy atom. The van der Waals surface area contributed by atoms with E-state index in [1.807, 2.05) is 12.4 Å². The van der Waals surface area contributed by atoms with Crippen LogP contribution in [-0.2, 0) is 12.8 Å². The van der Waals surface area contributed by atoms with Crippen LogP contribution in [0.25, 0.3) is 60.6 Å². The molecule has 3 nitrogen and oxygen atoms in total. The maximum absolute atomic E-state index is 5.10. The van der Waals surface area contributed by atoms with Crippen LogP contribution in [0.3, 0.4) is 0 Å². The first-order chi connectivity index (χ1) is 17.3. The Hall–Kier alpha value is -4.50. The maximum atomic E-state index is 5.10. The van der Waals surface area contributed by atoms with Crippen LogP contribution in [0.4, 0.5) is 0 Å². The molecular weight excluding hydrogens is 426 g/mol. The molecule has 0 aliphatic heterocycles. The molecule has 0 fully saturated rings. The molecule has 3 heterocycles. The highest BCUT2D eigenvalue weighted by Gasteiger charge is 2.28. The Balaban J connectivity index is 1.38. The summed E-state index contributed by atoms with van der Waals surface area (Å²) in [6, 6.07) is 28.8. The molecule has 3 heteroatoms. The molecule has 0 saturated carbocycles. The lowest BCUT2D eigenvalue weighted by Gasteiger charge is -2.11. The zero-order valence-electron chi connectivity index (χ0n) is 18.9. The molecule has 0 bridgehead atoms. The van der Waals surface area contributed by atoms with E-state index in [9.17, 15) is 0 Å². The summed E-state index contributed by atoms with van der Waals surface area (Å²) >= 11 is 0. The Morgan fingerprint density at radius 3 is 2.34 bits per heavy atom. The first-order valence-electron chi connectivity index (χ1n) is 12.2. The molecule has 0 amide bonds. The van der Waals surface area contributed by atoms with Gasteiger partial charge in [-0.3, -0.25) is 9.38 Å². The minimum Gasteiger partial charge on any atom is -0.292 e. The molecule has 0 atom stereocenters. The standard InChI is InChI=1S/C32H19N3/c1-2-6-20-18(5-1)13-24-21(20)9-10-22-23-16-27-26(15-19(23)14-25(22)24)28-17-33-12-11-30(28)35-31-8-4-3-7-29(31)34-32(27)35/h1-12,15-17H,13-14H2. The summed E-state index contributed by atoms with van der Waals surface area (Å²) in [7, 11) is 0. The van der Waals surface area contributed by atoms with Crippen molar-refractivity contribution in [1.82, 2.24) is 14.4 Å². The maximum Gasteiger partial charge on any atom is 0.146 e. The molecule has 35 heavy (non-hydrogen) atoms. The third-order valence-electron chi connectivity index (χ3n) is 8.14. The average Bonchev–Trinajstić information content (AvgIpc) is 3.59. The second kappa shape index (κ2) is 6.13. The van der Waals surface area contributed by atoms with Crippen molar-refractivity contribution in [2.24, 2.45) is 0 Å². The summed E-state index contributed by atoms with van der Waals surface area (Å²) in [6.45, 7) is 0. The molecule has 0 N–H and O–H groups in total. The first kappa shape index (κ1) is 17.9. The van der Waals surface area contributed by atoms with Gasteiger partial charge in [-0.25, -0.2) is 4.98 Å². The number of imidazole rings is 1. The number of benzene rings is 4. The first-order valence-corrected chi connectivity index (χ1v) is 12.2. The van der Waals surface area contributed by atoms with Crippen molar-refractivity contribution in [2.75, 3.05) is 0 Å². The number of hydrogen-bond donors (Lipinski definition) is 0. The lowest BCUT2D eigenvalue weighted by molar-refractivity contribution is 1.16. The number of rotatable bonds is 0. The van der Waals surface area contributed by atoms with E-state index in [0.29, 0.717) is 0 Å². The molecule has 0 radical (unpaired) electrons. The summed E-state index contributed by atoms with van der Waals surface area (Å²) in [5.41, 5.74) is 15.7. The third-order valence-corrected chi connectivity index (χ3v) is 8.14. The van der Waals surface area contributed by atoms with Crippen molar-refractivity contribution in [2.45, 2.75) is 12.8 Å². The SMILES string of the molecule is c1ccc2c(c1)Cc1c-2ccc2c1Cc1cc3c4cnccc4n4c5ccccc5nc4c3cc1-2. The molecule has 2 aliphatic rings. The van der Waals surface area contributed by atoms with Crippen LogP contribution in [0.2, 0.25) is 0 Å². The quantitative estimate of drug-likeness (QED) is 0.229. The van der Waals surface area contributed by atoms with Crippen molar-refractivity contribution in [3.8, 4) is 22.3 Å². The molecule has 0 unspecified atom stereocenters. The molecule has 2 aliphatic carbocycles. The number of nitrogens with zero attached hydrogens (tertiary/aromatic N) is 3. The van der Waals surface area contributed by atoms with E-state index in [1.54, 1.807) is 0 Å². The van der Waals surface area contributed by atoms with Crippen molar-refractivity contribution < 1.29 is 0 Å². The van der Waals surface area contributed by atoms with Crippen molar-refractivity contribution >= 4 is 38.4 Å². The predicted octanol–water partition coefficient (Wildman–Crippen LogP) is 7.33. The van der Waals surface area contributed by atoms with Crippen molar-refractivity contribution in [1.29, 1.82) is 0 Å². The fraction of sp³-hybridized carbons (Fsp3) is 0.0625. The fourth-order valence-corrected chi connectivity index (χ4v) is 6.61. The highest BCUT2D eigenvalue weighted by atomic mass is 15.0. The van der Waals surface area contributed by atoms with E-state index in [0.717, 1.165) is 35.0 Å². The molecule has 9 rings (SSSR count). The van der Waals surface area contributed by atoms with Gasteiger partial charge >= 0.3 is 0 Å². The summed E-state index contributed by atoms with van der Waals surface area (Å²) in [5, 5.41) is 3.61. The fourth-order valence-electron chi connectivity index (χ4n) is 6.61. The van der Waals surface area contributed by atoms with Gasteiger partial charge in [0.15, 0.2) is 0 Å². The number of para-hydroxylation sites is 2. The van der Waals surface area contributed by atoms with E-state index in [2.05, 4.69) is 88.2 Å². The lowest BCUT2D eigenvalue weighted by Crippen LogP contribution is -1.93. The molecule has 0 spiro atoms. The van der Waals surface area contributed by atoms with E-state index >= 15 is 0 Å². The van der Waals surface area contributed by atoms with Gasteiger partial charge in [0.2, 0.25) is 0 Å². The Morgan fingerprint density at radius 2 is 1.40 bits per heavy atom. The van der Waals surface area contributed by atoms with Crippen LogP contribution in [0.1, 0.15) is 22.3 Å². The Bertz CT molecular complexity index is 2060. The minimum absolute atomic E-state index is 0.987. The van der Waals surface area contributed by atoms with Gasteiger partial charge in [0.05, 0.1) is 16.6 Å². The van der Waals surface area contributed by atoms with Crippen LogP contribution in [0.15, 0.2) is 91.3 Å². The summed E-state index contributed by atoms with van der Waals surface area (Å²) < 4.78 is 2.30. The van der Waals surface area contributed by atoms with Crippen LogP contribution < -0.4 is 0 Å².